The molecule has 0 spiro atoms. The van der Waals surface area contributed by atoms with Crippen LogP contribution in [0.15, 0.2) is 61.2 Å². The maximum Gasteiger partial charge on any atom is 0.0323 e. The minimum Gasteiger partial charge on any atom is -0.0979 e. The zero-order valence-electron chi connectivity index (χ0n) is 13.4. The van der Waals surface area contributed by atoms with E-state index in [-0.39, 0.29) is 0 Å². The standard InChI is InChI=1S/C22H24/c1-3-4-5-6-7-9-16-21-17-12-13-18-22(21)19(2)20-14-10-8-11-15-20/h8,10-15,17-18H,2-7H2,1H3. The van der Waals surface area contributed by atoms with E-state index < -0.39 is 0 Å². The molecule has 0 radical (unpaired) electrons. The van der Waals surface area contributed by atoms with E-state index in [9.17, 15) is 0 Å². The van der Waals surface area contributed by atoms with Gasteiger partial charge in [0.25, 0.3) is 0 Å². The topological polar surface area (TPSA) is 0 Å². The Kier molecular flexibility index (Phi) is 6.52. The Morgan fingerprint density at radius 2 is 1.64 bits per heavy atom. The van der Waals surface area contributed by atoms with Crippen LogP contribution in [0, 0.1) is 11.8 Å². The van der Waals surface area contributed by atoms with E-state index in [4.69, 9.17) is 0 Å². The maximum absolute atomic E-state index is 4.26. The van der Waals surface area contributed by atoms with Crippen molar-refractivity contribution < 1.29 is 0 Å². The second kappa shape index (κ2) is 8.90. The van der Waals surface area contributed by atoms with Crippen LogP contribution in [0.2, 0.25) is 0 Å². The fourth-order valence-corrected chi connectivity index (χ4v) is 2.45. The van der Waals surface area contributed by atoms with Gasteiger partial charge in [-0.3, -0.25) is 0 Å². The highest BCUT2D eigenvalue weighted by Crippen LogP contribution is 2.24. The third kappa shape index (κ3) is 4.64. The molecule has 0 bridgehead atoms. The summed E-state index contributed by atoms with van der Waals surface area (Å²) >= 11 is 0. The molecular formula is C22H24. The van der Waals surface area contributed by atoms with E-state index >= 15 is 0 Å². The van der Waals surface area contributed by atoms with E-state index in [1.807, 2.05) is 24.3 Å². The number of unbranched alkanes of at least 4 members (excludes halogenated alkanes) is 4. The van der Waals surface area contributed by atoms with Crippen LogP contribution >= 0.6 is 0 Å². The third-order valence-electron chi connectivity index (χ3n) is 3.75. The lowest BCUT2D eigenvalue weighted by atomic mass is 9.95. The zero-order chi connectivity index (χ0) is 15.6. The van der Waals surface area contributed by atoms with Crippen molar-refractivity contribution in [2.75, 3.05) is 0 Å². The Morgan fingerprint density at radius 3 is 2.41 bits per heavy atom. The van der Waals surface area contributed by atoms with Crippen LogP contribution in [0.3, 0.4) is 0 Å². The predicted molar refractivity (Wildman–Crippen MR) is 96.7 cm³/mol. The van der Waals surface area contributed by atoms with Crippen molar-refractivity contribution in [1.82, 2.24) is 0 Å². The first-order valence-electron chi connectivity index (χ1n) is 8.15. The van der Waals surface area contributed by atoms with Crippen molar-refractivity contribution in [3.8, 4) is 11.8 Å². The molecule has 0 heteroatoms. The first-order valence-corrected chi connectivity index (χ1v) is 8.15. The Morgan fingerprint density at radius 1 is 0.909 bits per heavy atom. The van der Waals surface area contributed by atoms with Gasteiger partial charge in [0, 0.05) is 12.0 Å². The molecule has 0 aliphatic heterocycles. The van der Waals surface area contributed by atoms with E-state index in [0.717, 1.165) is 28.7 Å². The van der Waals surface area contributed by atoms with Crippen molar-refractivity contribution in [3.63, 3.8) is 0 Å². The molecule has 0 saturated carbocycles. The first kappa shape index (κ1) is 16.1. The molecule has 0 aliphatic carbocycles. The smallest absolute Gasteiger partial charge is 0.0323 e. The SMILES string of the molecule is C=C(c1ccccc1)c1ccccc1C#CCCCCCC. The molecule has 2 rings (SSSR count). The van der Waals surface area contributed by atoms with Crippen LogP contribution in [0.4, 0.5) is 0 Å². The molecule has 2 aromatic rings. The monoisotopic (exact) mass is 288 g/mol. The van der Waals surface area contributed by atoms with Gasteiger partial charge in [0.05, 0.1) is 0 Å². The van der Waals surface area contributed by atoms with Crippen molar-refractivity contribution >= 4 is 5.57 Å². The lowest BCUT2D eigenvalue weighted by Gasteiger charge is -2.08. The van der Waals surface area contributed by atoms with E-state index in [0.29, 0.717) is 0 Å². The van der Waals surface area contributed by atoms with Crippen LogP contribution in [-0.2, 0) is 0 Å². The van der Waals surface area contributed by atoms with E-state index in [2.05, 4.69) is 55.7 Å². The molecule has 0 unspecified atom stereocenters. The Hall–Kier alpha value is -2.26. The van der Waals surface area contributed by atoms with Crippen LogP contribution in [0.1, 0.15) is 55.7 Å². The normalized spacial score (nSPS) is 9.86. The molecule has 0 aromatic heterocycles. The molecule has 22 heavy (non-hydrogen) atoms. The average Bonchev–Trinajstić information content (AvgIpc) is 2.58. The highest BCUT2D eigenvalue weighted by molar-refractivity contribution is 5.81. The molecule has 0 saturated heterocycles. The first-order chi connectivity index (χ1) is 10.8. The largest absolute Gasteiger partial charge is 0.0979 e. The van der Waals surface area contributed by atoms with Crippen LogP contribution in [-0.4, -0.2) is 0 Å². The number of benzene rings is 2. The zero-order valence-corrected chi connectivity index (χ0v) is 13.4. The average molecular weight is 288 g/mol. The number of hydrogen-bond acceptors (Lipinski definition) is 0. The van der Waals surface area contributed by atoms with E-state index in [1.165, 1.54) is 25.7 Å². The maximum atomic E-state index is 4.26. The Bertz CT molecular complexity index is 653. The van der Waals surface area contributed by atoms with Gasteiger partial charge in [-0.25, -0.2) is 0 Å². The summed E-state index contributed by atoms with van der Waals surface area (Å²) in [6.07, 6.45) is 6.04. The van der Waals surface area contributed by atoms with Crippen molar-refractivity contribution in [3.05, 3.63) is 77.9 Å². The van der Waals surface area contributed by atoms with Crippen molar-refractivity contribution in [1.29, 1.82) is 0 Å². The second-order valence-electron chi connectivity index (χ2n) is 5.50. The molecule has 0 amide bonds. The van der Waals surface area contributed by atoms with Crippen LogP contribution in [0.25, 0.3) is 5.57 Å². The number of rotatable bonds is 6. The summed E-state index contributed by atoms with van der Waals surface area (Å²) in [7, 11) is 0. The highest BCUT2D eigenvalue weighted by atomic mass is 14.1. The lowest BCUT2D eigenvalue weighted by Crippen LogP contribution is -1.90. The summed E-state index contributed by atoms with van der Waals surface area (Å²) < 4.78 is 0. The fraction of sp³-hybridized carbons (Fsp3) is 0.273. The molecular weight excluding hydrogens is 264 g/mol. The molecule has 0 aliphatic rings. The van der Waals surface area contributed by atoms with Gasteiger partial charge in [0.15, 0.2) is 0 Å². The van der Waals surface area contributed by atoms with Gasteiger partial charge in [0.1, 0.15) is 0 Å². The van der Waals surface area contributed by atoms with Gasteiger partial charge in [-0.15, -0.1) is 0 Å². The molecule has 0 heterocycles. The van der Waals surface area contributed by atoms with Gasteiger partial charge in [-0.1, -0.05) is 93.1 Å². The van der Waals surface area contributed by atoms with Gasteiger partial charge in [-0.05, 0) is 29.2 Å². The summed E-state index contributed by atoms with van der Waals surface area (Å²) in [6, 6.07) is 18.6. The molecule has 112 valence electrons. The quantitative estimate of drug-likeness (QED) is 0.447. The summed E-state index contributed by atoms with van der Waals surface area (Å²) in [5, 5.41) is 0. The van der Waals surface area contributed by atoms with Crippen molar-refractivity contribution in [2.45, 2.75) is 39.0 Å². The van der Waals surface area contributed by atoms with Gasteiger partial charge >= 0.3 is 0 Å². The van der Waals surface area contributed by atoms with Gasteiger partial charge < -0.3 is 0 Å². The number of hydrogen-bond donors (Lipinski definition) is 0. The summed E-state index contributed by atoms with van der Waals surface area (Å²) in [5.41, 5.74) is 4.40. The highest BCUT2D eigenvalue weighted by Gasteiger charge is 2.05. The van der Waals surface area contributed by atoms with Gasteiger partial charge in [0.2, 0.25) is 0 Å². The summed E-state index contributed by atoms with van der Waals surface area (Å²) in [5.74, 6) is 6.65. The van der Waals surface area contributed by atoms with Gasteiger partial charge in [-0.2, -0.15) is 0 Å². The minimum atomic E-state index is 0.978. The summed E-state index contributed by atoms with van der Waals surface area (Å²) in [4.78, 5) is 0. The molecule has 0 nitrogen and oxygen atoms in total. The lowest BCUT2D eigenvalue weighted by molar-refractivity contribution is 0.679. The van der Waals surface area contributed by atoms with Crippen molar-refractivity contribution in [2.24, 2.45) is 0 Å². The second-order valence-corrected chi connectivity index (χ2v) is 5.50. The Labute approximate surface area is 134 Å². The molecule has 0 N–H and O–H groups in total. The molecule has 2 aromatic carbocycles. The fourth-order valence-electron chi connectivity index (χ4n) is 2.45. The molecule has 0 fully saturated rings. The third-order valence-corrected chi connectivity index (χ3v) is 3.75. The van der Waals surface area contributed by atoms with E-state index in [1.54, 1.807) is 0 Å². The predicted octanol–water partition coefficient (Wildman–Crippen LogP) is 6.07. The Balaban J connectivity index is 2.11. The van der Waals surface area contributed by atoms with Crippen LogP contribution < -0.4 is 0 Å². The minimum absolute atomic E-state index is 0.978. The van der Waals surface area contributed by atoms with Crippen LogP contribution in [0.5, 0.6) is 0 Å². The summed E-state index contributed by atoms with van der Waals surface area (Å²) in [6.45, 7) is 6.49. The molecule has 0 atom stereocenters.